The Labute approximate surface area is 203 Å². The van der Waals surface area contributed by atoms with Crippen molar-refractivity contribution in [2.45, 2.75) is 31.0 Å². The molecule has 2 saturated heterocycles. The number of hydrogen-bond donors (Lipinski definition) is 3. The monoisotopic (exact) mass is 510 g/mol. The van der Waals surface area contributed by atoms with E-state index >= 15 is 0 Å². The molecule has 0 radical (unpaired) electrons. The van der Waals surface area contributed by atoms with Crippen LogP contribution in [0.5, 0.6) is 11.9 Å². The van der Waals surface area contributed by atoms with E-state index in [9.17, 15) is 9.90 Å². The lowest BCUT2D eigenvalue weighted by Crippen LogP contribution is -2.34. The fraction of sp³-hybridized carbons (Fsp3) is 0.476. The van der Waals surface area contributed by atoms with Crippen molar-refractivity contribution in [3.05, 3.63) is 33.0 Å². The molecule has 3 N–H and O–H groups in total. The highest BCUT2D eigenvalue weighted by atomic mass is 35.5. The van der Waals surface area contributed by atoms with E-state index < -0.39 is 18.3 Å². The molecule has 34 heavy (non-hydrogen) atoms. The van der Waals surface area contributed by atoms with E-state index in [4.69, 9.17) is 35.3 Å². The van der Waals surface area contributed by atoms with Gasteiger partial charge in [0, 0.05) is 18.5 Å². The molecule has 4 atom stereocenters. The number of imidazole rings is 1. The van der Waals surface area contributed by atoms with Crippen molar-refractivity contribution in [3.8, 4) is 11.9 Å². The van der Waals surface area contributed by atoms with E-state index in [0.717, 1.165) is 4.88 Å². The predicted molar refractivity (Wildman–Crippen MR) is 122 cm³/mol. The maximum Gasteiger partial charge on any atom is 0.296 e. The Morgan fingerprint density at radius 1 is 1.32 bits per heavy atom. The number of methoxy groups -OCH3 is 1. The van der Waals surface area contributed by atoms with Crippen LogP contribution in [0.3, 0.4) is 0 Å². The molecule has 2 fully saturated rings. The van der Waals surface area contributed by atoms with Gasteiger partial charge < -0.3 is 39.1 Å². The first kappa shape index (κ1) is 23.3. The van der Waals surface area contributed by atoms with E-state index in [1.807, 2.05) is 6.07 Å². The second-order valence-electron chi connectivity index (χ2n) is 7.81. The van der Waals surface area contributed by atoms with Crippen LogP contribution >= 0.6 is 22.9 Å². The summed E-state index contributed by atoms with van der Waals surface area (Å²) in [5, 5.41) is 13.0. The summed E-state index contributed by atoms with van der Waals surface area (Å²) in [6, 6.07) is 5.47. The van der Waals surface area contributed by atoms with Crippen LogP contribution in [0.1, 0.15) is 14.5 Å². The number of nitrogens with zero attached hydrogens (tertiary/aromatic N) is 2. The van der Waals surface area contributed by atoms with Crippen molar-refractivity contribution in [2.75, 3.05) is 33.5 Å². The summed E-state index contributed by atoms with van der Waals surface area (Å²) in [7, 11) is 1.58. The number of rotatable bonds is 9. The Kier molecular flexibility index (Phi) is 6.86. The van der Waals surface area contributed by atoms with E-state index in [1.54, 1.807) is 19.2 Å². The third kappa shape index (κ3) is 4.83. The molecule has 5 rings (SSSR count). The first-order valence-electron chi connectivity index (χ1n) is 10.6. The standard InChI is InChI=1S/C21H23ClN4O7S/c1-29-5-4-23-19(28)15-3-2-10(34-15)7-32-20-11(22)6-12-18(25-20)26-21(24-12)33-14-9-31-16-13(27)8-30-17(14)16/h2-3,6,13-14,16-17,27H,4-5,7-9H2,1H3,(H,23,28)(H,24,25,26)/t13-,14-,16-,17?/m1/s1. The smallest absolute Gasteiger partial charge is 0.296 e. The van der Waals surface area contributed by atoms with Gasteiger partial charge in [0.1, 0.15) is 29.9 Å². The van der Waals surface area contributed by atoms with Crippen molar-refractivity contribution in [1.82, 2.24) is 20.3 Å². The maximum absolute atomic E-state index is 12.1. The quantitative estimate of drug-likeness (QED) is 0.366. The van der Waals surface area contributed by atoms with Gasteiger partial charge in [-0.3, -0.25) is 4.79 Å². The summed E-state index contributed by atoms with van der Waals surface area (Å²) in [5.41, 5.74) is 0.961. The average Bonchev–Trinajstić information content (AvgIpc) is 3.59. The molecule has 182 valence electrons. The number of halogens is 1. The number of fused-ring (bicyclic) bond motifs is 2. The predicted octanol–water partition coefficient (Wildman–Crippen LogP) is 1.53. The summed E-state index contributed by atoms with van der Waals surface area (Å²) >= 11 is 7.67. The van der Waals surface area contributed by atoms with Crippen LogP contribution < -0.4 is 14.8 Å². The number of aromatic amines is 1. The highest BCUT2D eigenvalue weighted by Crippen LogP contribution is 2.31. The van der Waals surface area contributed by atoms with Gasteiger partial charge in [-0.2, -0.15) is 9.97 Å². The molecule has 11 nitrogen and oxygen atoms in total. The molecule has 1 amide bonds. The topological polar surface area (TPSA) is 137 Å². The largest absolute Gasteiger partial charge is 0.471 e. The molecule has 0 spiro atoms. The van der Waals surface area contributed by atoms with E-state index in [0.29, 0.717) is 40.8 Å². The van der Waals surface area contributed by atoms with Crippen molar-refractivity contribution in [2.24, 2.45) is 0 Å². The number of thiophene rings is 1. The van der Waals surface area contributed by atoms with Crippen molar-refractivity contribution < 1.29 is 33.6 Å². The van der Waals surface area contributed by atoms with Gasteiger partial charge in [0.05, 0.1) is 30.2 Å². The minimum Gasteiger partial charge on any atom is -0.471 e. The maximum atomic E-state index is 12.1. The van der Waals surface area contributed by atoms with Crippen LogP contribution in [-0.4, -0.2) is 83.9 Å². The molecular weight excluding hydrogens is 488 g/mol. The third-order valence-corrected chi connectivity index (χ3v) is 6.77. The first-order valence-corrected chi connectivity index (χ1v) is 11.8. The minimum absolute atomic E-state index is 0.161. The molecule has 2 aliphatic rings. The first-order chi connectivity index (χ1) is 16.5. The van der Waals surface area contributed by atoms with Gasteiger partial charge in [0.25, 0.3) is 11.9 Å². The van der Waals surface area contributed by atoms with Crippen LogP contribution in [0.25, 0.3) is 11.2 Å². The molecule has 13 heteroatoms. The summed E-state index contributed by atoms with van der Waals surface area (Å²) in [6.45, 7) is 1.60. The lowest BCUT2D eigenvalue weighted by atomic mass is 10.1. The number of aromatic nitrogens is 3. The lowest BCUT2D eigenvalue weighted by Gasteiger charge is -2.15. The minimum atomic E-state index is -0.654. The molecule has 2 aliphatic heterocycles. The lowest BCUT2D eigenvalue weighted by molar-refractivity contribution is 0.00706. The van der Waals surface area contributed by atoms with Crippen molar-refractivity contribution >= 4 is 40.0 Å². The molecule has 0 saturated carbocycles. The van der Waals surface area contributed by atoms with E-state index in [-0.39, 0.29) is 37.1 Å². The number of carbonyl (C=O) groups excluding carboxylic acids is 1. The van der Waals surface area contributed by atoms with Gasteiger partial charge in [0.15, 0.2) is 11.8 Å². The van der Waals surface area contributed by atoms with E-state index in [1.165, 1.54) is 11.3 Å². The van der Waals surface area contributed by atoms with Crippen LogP contribution in [0.2, 0.25) is 5.02 Å². The molecule has 0 aliphatic carbocycles. The Morgan fingerprint density at radius 3 is 3.03 bits per heavy atom. The van der Waals surface area contributed by atoms with Crippen LogP contribution in [-0.2, 0) is 20.8 Å². The summed E-state index contributed by atoms with van der Waals surface area (Å²) in [6.07, 6.45) is -1.79. The molecule has 3 aromatic rings. The fourth-order valence-electron chi connectivity index (χ4n) is 3.80. The highest BCUT2D eigenvalue weighted by Gasteiger charge is 2.48. The molecule has 5 heterocycles. The Hall–Kier alpha value is -2.48. The summed E-state index contributed by atoms with van der Waals surface area (Å²) in [5.74, 6) is 0.0599. The fourth-order valence-corrected chi connectivity index (χ4v) is 4.84. The second-order valence-corrected chi connectivity index (χ2v) is 9.39. The number of carbonyl (C=O) groups is 1. The van der Waals surface area contributed by atoms with Gasteiger partial charge in [-0.1, -0.05) is 11.6 Å². The zero-order valence-electron chi connectivity index (χ0n) is 18.2. The van der Waals surface area contributed by atoms with Crippen molar-refractivity contribution in [1.29, 1.82) is 0 Å². The van der Waals surface area contributed by atoms with Crippen LogP contribution in [0.15, 0.2) is 18.2 Å². The zero-order chi connectivity index (χ0) is 23.7. The molecule has 0 bridgehead atoms. The Bertz CT molecular complexity index is 1170. The van der Waals surface area contributed by atoms with Gasteiger partial charge in [0.2, 0.25) is 5.88 Å². The number of pyridine rings is 1. The molecular formula is C21H23ClN4O7S. The average molecular weight is 511 g/mol. The zero-order valence-corrected chi connectivity index (χ0v) is 19.7. The highest BCUT2D eigenvalue weighted by molar-refractivity contribution is 7.14. The summed E-state index contributed by atoms with van der Waals surface area (Å²) < 4.78 is 27.8. The molecule has 1 unspecified atom stereocenters. The van der Waals surface area contributed by atoms with Gasteiger partial charge in [-0.05, 0) is 18.2 Å². The van der Waals surface area contributed by atoms with Gasteiger partial charge >= 0.3 is 0 Å². The van der Waals surface area contributed by atoms with Crippen LogP contribution in [0.4, 0.5) is 0 Å². The SMILES string of the molecule is COCCNC(=O)c1ccc(COc2nc3nc(O[C@@H]4CO[C@H]5C4OC[C@H]5O)[nH]c3cc2Cl)s1. The number of ether oxygens (including phenoxy) is 5. The summed E-state index contributed by atoms with van der Waals surface area (Å²) in [4.78, 5) is 25.3. The number of H-pyrrole nitrogens is 1. The normalized spacial score (nSPS) is 23.9. The van der Waals surface area contributed by atoms with Crippen molar-refractivity contribution in [3.63, 3.8) is 0 Å². The second kappa shape index (κ2) is 10.0. The van der Waals surface area contributed by atoms with E-state index in [2.05, 4.69) is 20.3 Å². The molecule has 3 aromatic heterocycles. The third-order valence-electron chi connectivity index (χ3n) is 5.45. The van der Waals surface area contributed by atoms with Gasteiger partial charge in [-0.25, -0.2) is 0 Å². The number of aliphatic hydroxyl groups is 1. The Balaban J connectivity index is 1.22. The number of nitrogens with one attached hydrogen (secondary N) is 2. The molecule has 0 aromatic carbocycles. The Morgan fingerprint density at radius 2 is 2.18 bits per heavy atom. The number of aliphatic hydroxyl groups excluding tert-OH is 1. The van der Waals surface area contributed by atoms with Gasteiger partial charge in [-0.15, -0.1) is 11.3 Å². The number of hydrogen-bond acceptors (Lipinski definition) is 10. The number of amides is 1. The van der Waals surface area contributed by atoms with Crippen LogP contribution in [0, 0.1) is 0 Å².